The monoisotopic (exact) mass is 289 g/mol. The van der Waals surface area contributed by atoms with E-state index in [1.54, 1.807) is 0 Å². The fraction of sp³-hybridized carbons (Fsp3) is 0.500. The van der Waals surface area contributed by atoms with Crippen LogP contribution in [0.25, 0.3) is 0 Å². The van der Waals surface area contributed by atoms with E-state index in [0.717, 1.165) is 12.8 Å². The normalized spacial score (nSPS) is 18.4. The molecule has 0 spiro atoms. The lowest BCUT2D eigenvalue weighted by atomic mass is 10.2. The van der Waals surface area contributed by atoms with Crippen LogP contribution in [0.2, 0.25) is 0 Å². The van der Waals surface area contributed by atoms with Crippen molar-refractivity contribution in [2.24, 2.45) is 0 Å². The lowest BCUT2D eigenvalue weighted by Crippen LogP contribution is -2.38. The van der Waals surface area contributed by atoms with Gasteiger partial charge in [-0.05, 0) is 18.7 Å². The van der Waals surface area contributed by atoms with Crippen molar-refractivity contribution in [1.82, 2.24) is 5.32 Å². The first-order chi connectivity index (χ1) is 8.93. The highest BCUT2D eigenvalue weighted by Gasteiger charge is 2.28. The van der Waals surface area contributed by atoms with Crippen LogP contribution in [0.3, 0.4) is 0 Å². The molecule has 0 amide bonds. The fourth-order valence-electron chi connectivity index (χ4n) is 1.82. The number of benzene rings is 1. The van der Waals surface area contributed by atoms with E-state index >= 15 is 0 Å². The van der Waals surface area contributed by atoms with Crippen LogP contribution in [-0.2, 0) is 9.84 Å². The van der Waals surface area contributed by atoms with Gasteiger partial charge < -0.3 is 14.8 Å². The maximum atomic E-state index is 14.1. The van der Waals surface area contributed by atoms with Gasteiger partial charge >= 0.3 is 0 Å². The van der Waals surface area contributed by atoms with Gasteiger partial charge in [-0.15, -0.1) is 0 Å². The van der Waals surface area contributed by atoms with Crippen LogP contribution >= 0.6 is 0 Å². The number of hydrogen-bond acceptors (Lipinski definition) is 5. The van der Waals surface area contributed by atoms with Gasteiger partial charge in [-0.3, -0.25) is 0 Å². The number of rotatable bonds is 4. The quantitative estimate of drug-likeness (QED) is 0.895. The number of halogens is 1. The minimum absolute atomic E-state index is 0.128. The van der Waals surface area contributed by atoms with E-state index in [0.29, 0.717) is 13.2 Å². The molecule has 5 nitrogen and oxygen atoms in total. The highest BCUT2D eigenvalue weighted by molar-refractivity contribution is 7.90. The molecule has 1 atom stereocenters. The van der Waals surface area contributed by atoms with E-state index in [2.05, 4.69) is 5.32 Å². The highest BCUT2D eigenvalue weighted by Crippen LogP contribution is 2.37. The van der Waals surface area contributed by atoms with E-state index in [1.165, 1.54) is 12.1 Å². The highest BCUT2D eigenvalue weighted by atomic mass is 32.2. The van der Waals surface area contributed by atoms with Gasteiger partial charge in [0, 0.05) is 12.8 Å². The topological polar surface area (TPSA) is 64.6 Å². The number of sulfone groups is 1. The Hall–Kier alpha value is -1.34. The van der Waals surface area contributed by atoms with E-state index in [-0.39, 0.29) is 22.5 Å². The molecule has 0 aromatic heterocycles. The SMILES string of the molecule is CCNC[C@H]1COc2ccc(S(C)(=O)=O)c(F)c2O1. The molecule has 0 aliphatic carbocycles. The second-order valence-electron chi connectivity index (χ2n) is 4.34. The Labute approximate surface area is 111 Å². The Kier molecular flexibility index (Phi) is 3.96. The molecule has 1 aromatic rings. The minimum Gasteiger partial charge on any atom is -0.486 e. The van der Waals surface area contributed by atoms with Gasteiger partial charge in [0.05, 0.1) is 0 Å². The summed E-state index contributed by atoms with van der Waals surface area (Å²) in [4.78, 5) is -0.376. The van der Waals surface area contributed by atoms with Gasteiger partial charge in [0.15, 0.2) is 27.2 Å². The van der Waals surface area contributed by atoms with Crippen molar-refractivity contribution in [3.8, 4) is 11.5 Å². The summed E-state index contributed by atoms with van der Waals surface area (Å²) >= 11 is 0. The molecule has 0 saturated heterocycles. The number of nitrogens with one attached hydrogen (secondary N) is 1. The number of fused-ring (bicyclic) bond motifs is 1. The molecular weight excluding hydrogens is 273 g/mol. The molecule has 1 aliphatic rings. The first-order valence-electron chi connectivity index (χ1n) is 5.96. The third kappa shape index (κ3) is 2.98. The third-order valence-corrected chi connectivity index (χ3v) is 3.87. The van der Waals surface area contributed by atoms with E-state index in [1.807, 2.05) is 6.92 Å². The molecule has 19 heavy (non-hydrogen) atoms. The number of ether oxygens (including phenoxy) is 2. The molecular formula is C12H16FNO4S. The zero-order valence-corrected chi connectivity index (χ0v) is 11.6. The standard InChI is InChI=1S/C12H16FNO4S/c1-3-14-6-8-7-17-9-4-5-10(19(2,15)16)11(13)12(9)18-8/h4-5,8,14H,3,6-7H2,1-2H3/t8-/m0/s1. The molecule has 0 unspecified atom stereocenters. The molecule has 1 aliphatic heterocycles. The van der Waals surface area contributed by atoms with Gasteiger partial charge in [0.1, 0.15) is 17.6 Å². The Balaban J connectivity index is 2.32. The molecule has 1 heterocycles. The fourth-order valence-corrected chi connectivity index (χ4v) is 2.55. The van der Waals surface area contributed by atoms with Crippen LogP contribution in [0.15, 0.2) is 17.0 Å². The number of hydrogen-bond donors (Lipinski definition) is 1. The smallest absolute Gasteiger partial charge is 0.198 e. The first-order valence-corrected chi connectivity index (χ1v) is 7.85. The Morgan fingerprint density at radius 3 is 2.84 bits per heavy atom. The van der Waals surface area contributed by atoms with Crippen molar-refractivity contribution in [3.05, 3.63) is 17.9 Å². The Morgan fingerprint density at radius 1 is 1.47 bits per heavy atom. The predicted molar refractivity (Wildman–Crippen MR) is 68.0 cm³/mol. The van der Waals surface area contributed by atoms with Crippen LogP contribution in [0.5, 0.6) is 11.5 Å². The summed E-state index contributed by atoms with van der Waals surface area (Å²) in [5.74, 6) is -0.782. The van der Waals surface area contributed by atoms with Crippen LogP contribution in [0, 0.1) is 5.82 Å². The summed E-state index contributed by atoms with van der Waals surface area (Å²) in [6.07, 6.45) is 0.620. The van der Waals surface area contributed by atoms with Crippen LogP contribution in [0.1, 0.15) is 6.92 Å². The maximum absolute atomic E-state index is 14.1. The lowest BCUT2D eigenvalue weighted by molar-refractivity contribution is 0.0846. The van der Waals surface area contributed by atoms with Crippen molar-refractivity contribution in [2.45, 2.75) is 17.9 Å². The molecule has 0 saturated carbocycles. The summed E-state index contributed by atoms with van der Waals surface area (Å²) < 4.78 is 47.9. The summed E-state index contributed by atoms with van der Waals surface area (Å²) in [5.41, 5.74) is 0. The van der Waals surface area contributed by atoms with Gasteiger partial charge in [0.25, 0.3) is 0 Å². The summed E-state index contributed by atoms with van der Waals surface area (Å²) in [7, 11) is -3.63. The van der Waals surface area contributed by atoms with E-state index in [9.17, 15) is 12.8 Å². The van der Waals surface area contributed by atoms with Crippen LogP contribution in [-0.4, -0.2) is 40.5 Å². The van der Waals surface area contributed by atoms with Crippen molar-refractivity contribution in [1.29, 1.82) is 0 Å². The van der Waals surface area contributed by atoms with E-state index < -0.39 is 15.7 Å². The molecule has 7 heteroatoms. The molecule has 1 N–H and O–H groups in total. The average molecular weight is 289 g/mol. The molecule has 0 fully saturated rings. The van der Waals surface area contributed by atoms with Crippen molar-refractivity contribution >= 4 is 9.84 Å². The van der Waals surface area contributed by atoms with E-state index in [4.69, 9.17) is 9.47 Å². The molecule has 2 rings (SSSR count). The summed E-state index contributed by atoms with van der Waals surface area (Å²) in [5, 5.41) is 3.07. The maximum Gasteiger partial charge on any atom is 0.198 e. The van der Waals surface area contributed by atoms with Gasteiger partial charge in [-0.25, -0.2) is 12.8 Å². The lowest BCUT2D eigenvalue weighted by Gasteiger charge is -2.27. The number of likely N-dealkylation sites (N-methyl/N-ethyl adjacent to an activating group) is 1. The Morgan fingerprint density at radius 2 is 2.21 bits per heavy atom. The largest absolute Gasteiger partial charge is 0.486 e. The Bertz CT molecular complexity index is 573. The average Bonchev–Trinajstić information content (AvgIpc) is 2.35. The van der Waals surface area contributed by atoms with Crippen LogP contribution < -0.4 is 14.8 Å². The summed E-state index contributed by atoms with van der Waals surface area (Å²) in [6, 6.07) is 2.61. The predicted octanol–water partition coefficient (Wildman–Crippen LogP) is 0.979. The van der Waals surface area contributed by atoms with Gasteiger partial charge in [-0.2, -0.15) is 0 Å². The second-order valence-corrected chi connectivity index (χ2v) is 6.32. The van der Waals surface area contributed by atoms with Crippen LogP contribution in [0.4, 0.5) is 4.39 Å². The molecule has 0 radical (unpaired) electrons. The van der Waals surface area contributed by atoms with Crippen molar-refractivity contribution in [2.75, 3.05) is 26.0 Å². The van der Waals surface area contributed by atoms with Gasteiger partial charge in [0.2, 0.25) is 0 Å². The van der Waals surface area contributed by atoms with Crippen molar-refractivity contribution in [3.63, 3.8) is 0 Å². The zero-order chi connectivity index (χ0) is 14.0. The zero-order valence-electron chi connectivity index (χ0n) is 10.8. The molecule has 0 bridgehead atoms. The summed E-state index contributed by atoms with van der Waals surface area (Å²) in [6.45, 7) is 3.52. The first kappa shape index (κ1) is 14.1. The van der Waals surface area contributed by atoms with Gasteiger partial charge in [-0.1, -0.05) is 6.92 Å². The minimum atomic E-state index is -3.63. The molecule has 106 valence electrons. The molecule has 1 aromatic carbocycles. The second kappa shape index (κ2) is 5.34. The third-order valence-electron chi connectivity index (χ3n) is 2.76. The van der Waals surface area contributed by atoms with Crippen molar-refractivity contribution < 1.29 is 22.3 Å².